The molecule has 0 aromatic heterocycles. The average molecular weight is 648 g/mol. The number of methoxy groups -OCH3 is 1. The lowest BCUT2D eigenvalue weighted by Crippen LogP contribution is -2.49. The van der Waals surface area contributed by atoms with Gasteiger partial charge >= 0.3 is 0 Å². The van der Waals surface area contributed by atoms with Gasteiger partial charge in [-0.2, -0.15) is 0 Å². The van der Waals surface area contributed by atoms with Crippen LogP contribution in [0.2, 0.25) is 0 Å². The van der Waals surface area contributed by atoms with Gasteiger partial charge in [-0.25, -0.2) is 8.42 Å². The van der Waals surface area contributed by atoms with Gasteiger partial charge in [0.15, 0.2) is 0 Å². The minimum absolute atomic E-state index is 0.00634. The highest BCUT2D eigenvalue weighted by atomic mass is 32.2. The fraction of sp³-hybridized carbons (Fsp3) is 0.184. The highest BCUT2D eigenvalue weighted by molar-refractivity contribution is 7.92. The second-order valence-corrected chi connectivity index (χ2v) is 13.4. The van der Waals surface area contributed by atoms with Crippen LogP contribution < -0.4 is 24.0 Å². The Morgan fingerprint density at radius 3 is 2.11 bits per heavy atom. The van der Waals surface area contributed by atoms with Gasteiger partial charge in [-0.1, -0.05) is 60.2 Å². The van der Waals surface area contributed by atoms with Gasteiger partial charge in [0.25, 0.3) is 15.9 Å². The number of aryl methyl sites for hydroxylation is 1. The molecule has 1 heterocycles. The van der Waals surface area contributed by atoms with Gasteiger partial charge in [-0.15, -0.1) is 0 Å². The topological polar surface area (TPSA) is 88.2 Å². The number of nitrogens with one attached hydrogen (secondary N) is 1. The lowest BCUT2D eigenvalue weighted by Gasteiger charge is -2.46. The molecule has 0 bridgehead atoms. The van der Waals surface area contributed by atoms with Crippen LogP contribution in [0.5, 0.6) is 11.5 Å². The molecule has 1 atom stereocenters. The molecule has 240 valence electrons. The summed E-state index contributed by atoms with van der Waals surface area (Å²) in [4.78, 5) is 18.5. The molecule has 1 aliphatic rings. The molecule has 9 heteroatoms. The predicted octanol–water partition coefficient (Wildman–Crippen LogP) is 7.96. The summed E-state index contributed by atoms with van der Waals surface area (Å²) >= 11 is 0. The van der Waals surface area contributed by atoms with Crippen molar-refractivity contribution >= 4 is 33.0 Å². The van der Waals surface area contributed by atoms with Crippen molar-refractivity contribution in [3.63, 3.8) is 0 Å². The van der Waals surface area contributed by atoms with Crippen molar-refractivity contribution in [3.8, 4) is 11.5 Å². The normalized spacial score (nSPS) is 14.6. The number of carbonyl (C=O) groups is 1. The van der Waals surface area contributed by atoms with Crippen LogP contribution >= 0.6 is 0 Å². The van der Waals surface area contributed by atoms with Crippen LogP contribution in [0.15, 0.2) is 126 Å². The summed E-state index contributed by atoms with van der Waals surface area (Å²) in [6, 6.07) is 36.9. The Labute approximate surface area is 276 Å². The lowest BCUT2D eigenvalue weighted by molar-refractivity contribution is 0.0968. The number of anilines is 3. The molecule has 5 aromatic rings. The van der Waals surface area contributed by atoms with E-state index in [-0.39, 0.29) is 22.5 Å². The molecular formula is C38H37N3O5S. The molecule has 1 N–H and O–H groups in total. The fourth-order valence-electron chi connectivity index (χ4n) is 5.72. The molecule has 0 unspecified atom stereocenters. The van der Waals surface area contributed by atoms with Crippen molar-refractivity contribution in [2.45, 2.75) is 44.5 Å². The van der Waals surface area contributed by atoms with Gasteiger partial charge in [-0.3, -0.25) is 14.4 Å². The van der Waals surface area contributed by atoms with E-state index < -0.39 is 16.2 Å². The molecule has 6 rings (SSSR count). The summed E-state index contributed by atoms with van der Waals surface area (Å²) in [5, 5.41) is 0. The minimum atomic E-state index is -4.00. The predicted molar refractivity (Wildman–Crippen MR) is 186 cm³/mol. The monoisotopic (exact) mass is 647 g/mol. The summed E-state index contributed by atoms with van der Waals surface area (Å²) in [5.74, 6) is 1.06. The molecule has 0 saturated heterocycles. The first-order valence-electron chi connectivity index (χ1n) is 15.4. The number of hydrogen-bond acceptors (Lipinski definition) is 6. The van der Waals surface area contributed by atoms with E-state index in [0.717, 1.165) is 22.4 Å². The van der Waals surface area contributed by atoms with Crippen molar-refractivity contribution in [1.82, 2.24) is 0 Å². The van der Waals surface area contributed by atoms with E-state index in [1.165, 1.54) is 6.07 Å². The van der Waals surface area contributed by atoms with Crippen molar-refractivity contribution < 1.29 is 22.7 Å². The Kier molecular flexibility index (Phi) is 8.91. The SMILES string of the molecule is COc1ccc(N2C(=O)c3cc(S(=O)(=O)Nc4ccc(C)cc4)ccc3N(Cc3ccccc3)[C@@H]2c2ccc(OC(C)C)cc2)cc1. The maximum atomic E-state index is 14.7. The molecular weight excluding hydrogens is 611 g/mol. The maximum absolute atomic E-state index is 14.7. The number of benzene rings is 5. The number of nitrogens with zero attached hydrogens (tertiary/aromatic N) is 2. The number of hydrogen-bond donors (Lipinski definition) is 1. The zero-order valence-electron chi connectivity index (χ0n) is 26.8. The van der Waals surface area contributed by atoms with Crippen LogP contribution in [-0.2, 0) is 16.6 Å². The van der Waals surface area contributed by atoms with E-state index in [9.17, 15) is 13.2 Å². The number of sulfonamides is 1. The summed E-state index contributed by atoms with van der Waals surface area (Å²) in [7, 11) is -2.41. The van der Waals surface area contributed by atoms with Crippen molar-refractivity contribution in [2.24, 2.45) is 0 Å². The van der Waals surface area contributed by atoms with E-state index in [0.29, 0.717) is 29.4 Å². The third kappa shape index (κ3) is 6.80. The molecule has 8 nitrogen and oxygen atoms in total. The Hall–Kier alpha value is -5.28. The highest BCUT2D eigenvalue weighted by Crippen LogP contribution is 2.44. The maximum Gasteiger partial charge on any atom is 0.262 e. The first-order valence-corrected chi connectivity index (χ1v) is 16.9. The zero-order valence-corrected chi connectivity index (χ0v) is 27.6. The number of ether oxygens (including phenoxy) is 2. The summed E-state index contributed by atoms with van der Waals surface area (Å²) in [5.41, 5.74) is 4.90. The molecule has 0 aliphatic carbocycles. The standard InChI is InChI=1S/C38H37N3O5S/c1-26(2)46-33-18-12-29(13-19-33)37-40(25-28-8-6-5-7-9-28)36-23-22-34(47(43,44)39-30-14-10-27(3)11-15-30)24-35(36)38(42)41(37)31-16-20-32(45-4)21-17-31/h5-24,26,37,39H,25H2,1-4H3/t37-/m0/s1. The second kappa shape index (κ2) is 13.2. The molecule has 0 radical (unpaired) electrons. The van der Waals surface area contributed by atoms with Gasteiger partial charge in [0.2, 0.25) is 0 Å². The Bertz CT molecular complexity index is 1960. The Balaban J connectivity index is 1.50. The van der Waals surface area contributed by atoms with Gasteiger partial charge < -0.3 is 14.4 Å². The van der Waals surface area contributed by atoms with E-state index >= 15 is 0 Å². The van der Waals surface area contributed by atoms with Crippen LogP contribution in [0.1, 0.15) is 47.1 Å². The van der Waals surface area contributed by atoms with Gasteiger partial charge in [0.05, 0.1) is 29.4 Å². The van der Waals surface area contributed by atoms with Crippen LogP contribution in [0.3, 0.4) is 0 Å². The van der Waals surface area contributed by atoms with E-state index in [4.69, 9.17) is 9.47 Å². The van der Waals surface area contributed by atoms with Crippen LogP contribution in [0.4, 0.5) is 17.1 Å². The number of carbonyl (C=O) groups excluding carboxylic acids is 1. The number of fused-ring (bicyclic) bond motifs is 1. The van der Waals surface area contributed by atoms with E-state index in [1.54, 1.807) is 36.3 Å². The summed E-state index contributed by atoms with van der Waals surface area (Å²) in [6.45, 7) is 6.34. The van der Waals surface area contributed by atoms with E-state index in [2.05, 4.69) is 9.62 Å². The van der Waals surface area contributed by atoms with Gasteiger partial charge in [-0.05, 0) is 98.6 Å². The van der Waals surface area contributed by atoms with Gasteiger partial charge in [0, 0.05) is 17.9 Å². The highest BCUT2D eigenvalue weighted by Gasteiger charge is 2.40. The van der Waals surface area contributed by atoms with Crippen LogP contribution in [0, 0.1) is 6.92 Å². The summed E-state index contributed by atoms with van der Waals surface area (Å²) < 4.78 is 41.2. The quantitative estimate of drug-likeness (QED) is 0.166. The van der Waals surface area contributed by atoms with Crippen molar-refractivity contribution in [2.75, 3.05) is 21.6 Å². The molecule has 1 aliphatic heterocycles. The van der Waals surface area contributed by atoms with Crippen LogP contribution in [-0.4, -0.2) is 27.5 Å². The van der Waals surface area contributed by atoms with Crippen molar-refractivity contribution in [3.05, 3.63) is 144 Å². The molecule has 47 heavy (non-hydrogen) atoms. The smallest absolute Gasteiger partial charge is 0.262 e. The minimum Gasteiger partial charge on any atom is -0.497 e. The summed E-state index contributed by atoms with van der Waals surface area (Å²) in [6.07, 6.45) is -0.551. The third-order valence-corrected chi connectivity index (χ3v) is 9.36. The van der Waals surface area contributed by atoms with E-state index in [1.807, 2.05) is 112 Å². The van der Waals surface area contributed by atoms with Gasteiger partial charge in [0.1, 0.15) is 17.7 Å². The molecule has 1 amide bonds. The number of amides is 1. The number of rotatable bonds is 10. The Morgan fingerprint density at radius 2 is 1.47 bits per heavy atom. The molecule has 5 aromatic carbocycles. The van der Waals surface area contributed by atoms with Crippen LogP contribution in [0.25, 0.3) is 0 Å². The lowest BCUT2D eigenvalue weighted by atomic mass is 9.99. The van der Waals surface area contributed by atoms with Crippen molar-refractivity contribution in [1.29, 1.82) is 0 Å². The first kappa shape index (κ1) is 31.7. The molecule has 0 saturated carbocycles. The largest absolute Gasteiger partial charge is 0.497 e. The molecule has 0 spiro atoms. The second-order valence-electron chi connectivity index (χ2n) is 11.7. The first-order chi connectivity index (χ1) is 22.6. The Morgan fingerprint density at radius 1 is 0.809 bits per heavy atom. The zero-order chi connectivity index (χ0) is 33.1. The average Bonchev–Trinajstić information content (AvgIpc) is 3.07. The fourth-order valence-corrected chi connectivity index (χ4v) is 6.81. The third-order valence-electron chi connectivity index (χ3n) is 7.98. The molecule has 0 fully saturated rings.